The Morgan fingerprint density at radius 2 is 1.75 bits per heavy atom. The summed E-state index contributed by atoms with van der Waals surface area (Å²) in [5.74, 6) is -0.0473. The highest BCUT2D eigenvalue weighted by atomic mass is 16.5. The second-order valence-corrected chi connectivity index (χ2v) is 7.23. The fourth-order valence-electron chi connectivity index (χ4n) is 3.50. The van der Waals surface area contributed by atoms with E-state index in [1.165, 1.54) is 0 Å². The van der Waals surface area contributed by atoms with E-state index in [0.29, 0.717) is 29.7 Å². The molecule has 1 aliphatic heterocycles. The van der Waals surface area contributed by atoms with Crippen molar-refractivity contribution in [2.45, 2.75) is 25.9 Å². The van der Waals surface area contributed by atoms with E-state index < -0.39 is 0 Å². The number of carbonyl (C=O) groups excluding carboxylic acids is 2. The number of rotatable bonds is 3. The van der Waals surface area contributed by atoms with Crippen molar-refractivity contribution in [2.24, 2.45) is 5.92 Å². The van der Waals surface area contributed by atoms with Crippen molar-refractivity contribution in [3.8, 4) is 5.75 Å². The number of nitrogen functional groups attached to an aromatic ring is 1. The molecule has 1 fully saturated rings. The van der Waals surface area contributed by atoms with Crippen molar-refractivity contribution in [1.29, 1.82) is 0 Å². The number of amides is 1. The molecular formula is C21H18N4O3. The number of aromatic nitrogens is 2. The highest BCUT2D eigenvalue weighted by molar-refractivity contribution is 6.05. The van der Waals surface area contributed by atoms with E-state index >= 15 is 0 Å². The minimum Gasteiger partial charge on any atom is -0.426 e. The average Bonchev–Trinajstić information content (AvgIpc) is 3.46. The predicted octanol–water partition coefficient (Wildman–Crippen LogP) is 2.68. The van der Waals surface area contributed by atoms with Gasteiger partial charge in [0.15, 0.2) is 0 Å². The lowest BCUT2D eigenvalue weighted by Crippen LogP contribution is -2.27. The Morgan fingerprint density at radius 1 is 1.04 bits per heavy atom. The lowest BCUT2D eigenvalue weighted by atomic mass is 10.1. The van der Waals surface area contributed by atoms with E-state index in [4.69, 9.17) is 10.5 Å². The van der Waals surface area contributed by atoms with Gasteiger partial charge in [0.25, 0.3) is 5.91 Å². The molecule has 1 aromatic heterocycles. The van der Waals surface area contributed by atoms with Crippen LogP contribution in [0.2, 0.25) is 0 Å². The zero-order chi connectivity index (χ0) is 19.3. The lowest BCUT2D eigenvalue weighted by Gasteiger charge is -2.16. The summed E-state index contributed by atoms with van der Waals surface area (Å²) >= 11 is 0. The molecular weight excluding hydrogens is 356 g/mol. The van der Waals surface area contributed by atoms with Crippen molar-refractivity contribution in [1.82, 2.24) is 14.9 Å². The molecule has 7 nitrogen and oxygen atoms in total. The topological polar surface area (TPSA) is 98.4 Å². The van der Waals surface area contributed by atoms with Gasteiger partial charge in [0.2, 0.25) is 5.95 Å². The Bertz CT molecular complexity index is 1100. The van der Waals surface area contributed by atoms with E-state index in [-0.39, 0.29) is 29.4 Å². The molecule has 0 unspecified atom stereocenters. The molecule has 0 atom stereocenters. The van der Waals surface area contributed by atoms with Crippen LogP contribution in [0.15, 0.2) is 42.5 Å². The summed E-state index contributed by atoms with van der Waals surface area (Å²) in [6.45, 7) is 1.05. The van der Waals surface area contributed by atoms with Crippen LogP contribution in [0.1, 0.15) is 34.5 Å². The predicted molar refractivity (Wildman–Crippen MR) is 102 cm³/mol. The molecule has 0 saturated heterocycles. The van der Waals surface area contributed by atoms with E-state index in [1.807, 2.05) is 24.3 Å². The molecule has 0 bridgehead atoms. The first-order valence-electron chi connectivity index (χ1n) is 9.23. The van der Waals surface area contributed by atoms with Crippen LogP contribution in [0.5, 0.6) is 5.75 Å². The molecule has 28 heavy (non-hydrogen) atoms. The van der Waals surface area contributed by atoms with Crippen LogP contribution in [0.4, 0.5) is 5.95 Å². The zero-order valence-electron chi connectivity index (χ0n) is 15.1. The van der Waals surface area contributed by atoms with Gasteiger partial charge >= 0.3 is 5.97 Å². The summed E-state index contributed by atoms with van der Waals surface area (Å²) in [4.78, 5) is 35.3. The molecule has 0 spiro atoms. The quantitative estimate of drug-likeness (QED) is 0.559. The lowest BCUT2D eigenvalue weighted by molar-refractivity contribution is -0.135. The molecule has 0 radical (unpaired) electrons. The number of esters is 1. The third kappa shape index (κ3) is 2.94. The van der Waals surface area contributed by atoms with Crippen molar-refractivity contribution < 1.29 is 14.3 Å². The number of ether oxygens (including phenoxy) is 1. The van der Waals surface area contributed by atoms with Crippen molar-refractivity contribution in [2.75, 3.05) is 5.73 Å². The number of anilines is 1. The van der Waals surface area contributed by atoms with Gasteiger partial charge in [0, 0.05) is 18.5 Å². The number of nitrogens with two attached hydrogens (primary N) is 1. The molecule has 5 rings (SSSR count). The maximum Gasteiger partial charge on any atom is 0.314 e. The number of carbonyl (C=O) groups is 2. The van der Waals surface area contributed by atoms with Gasteiger partial charge in [0.1, 0.15) is 11.4 Å². The smallest absolute Gasteiger partial charge is 0.314 e. The van der Waals surface area contributed by atoms with Gasteiger partial charge < -0.3 is 15.4 Å². The van der Waals surface area contributed by atoms with Gasteiger partial charge in [-0.15, -0.1) is 0 Å². The monoisotopic (exact) mass is 374 g/mol. The highest BCUT2D eigenvalue weighted by Crippen LogP contribution is 2.32. The van der Waals surface area contributed by atoms with Crippen molar-refractivity contribution in [3.63, 3.8) is 0 Å². The Morgan fingerprint density at radius 3 is 2.43 bits per heavy atom. The minimum atomic E-state index is -0.237. The normalized spacial score (nSPS) is 15.5. The second kappa shape index (κ2) is 6.30. The third-order valence-corrected chi connectivity index (χ3v) is 5.14. The third-order valence-electron chi connectivity index (χ3n) is 5.14. The van der Waals surface area contributed by atoms with Gasteiger partial charge in [-0.25, -0.2) is 9.97 Å². The summed E-state index contributed by atoms with van der Waals surface area (Å²) in [5.41, 5.74) is 8.85. The van der Waals surface area contributed by atoms with Gasteiger partial charge in [-0.05, 0) is 42.2 Å². The molecule has 2 N–H and O–H groups in total. The van der Waals surface area contributed by atoms with Gasteiger partial charge in [-0.1, -0.05) is 24.3 Å². The molecule has 2 aliphatic rings. The standard InChI is InChI=1S/C21H18N4O3/c22-21-23-17-8-7-15(28-20(27)12-5-6-12)9-16(17)18(24-21)19(26)25-10-13-3-1-2-4-14(13)11-25/h1-4,7-9,12H,5-6,10-11H2,(H2,22,23,24). The second-order valence-electron chi connectivity index (χ2n) is 7.23. The first kappa shape index (κ1) is 16.7. The zero-order valence-corrected chi connectivity index (χ0v) is 15.1. The van der Waals surface area contributed by atoms with E-state index in [1.54, 1.807) is 23.1 Å². The van der Waals surface area contributed by atoms with Crippen LogP contribution < -0.4 is 10.5 Å². The van der Waals surface area contributed by atoms with Crippen LogP contribution in [-0.2, 0) is 17.9 Å². The number of benzene rings is 2. The first-order chi connectivity index (χ1) is 13.6. The Hall–Kier alpha value is -3.48. The van der Waals surface area contributed by atoms with Gasteiger partial charge in [0.05, 0.1) is 11.4 Å². The molecule has 1 amide bonds. The van der Waals surface area contributed by atoms with Gasteiger partial charge in [-0.2, -0.15) is 0 Å². The van der Waals surface area contributed by atoms with Crippen LogP contribution in [-0.4, -0.2) is 26.7 Å². The largest absolute Gasteiger partial charge is 0.426 e. The first-order valence-corrected chi connectivity index (χ1v) is 9.23. The van der Waals surface area contributed by atoms with E-state index in [9.17, 15) is 9.59 Å². The number of hydrogen-bond donors (Lipinski definition) is 1. The van der Waals surface area contributed by atoms with Crippen molar-refractivity contribution in [3.05, 3.63) is 59.3 Å². The molecule has 7 heteroatoms. The maximum atomic E-state index is 13.2. The van der Waals surface area contributed by atoms with E-state index in [2.05, 4.69) is 9.97 Å². The van der Waals surface area contributed by atoms with Crippen LogP contribution >= 0.6 is 0 Å². The Kier molecular flexibility index (Phi) is 3.75. The average molecular weight is 374 g/mol. The molecule has 140 valence electrons. The number of hydrogen-bond acceptors (Lipinski definition) is 6. The summed E-state index contributed by atoms with van der Waals surface area (Å²) in [7, 11) is 0. The fourth-order valence-corrected chi connectivity index (χ4v) is 3.50. The summed E-state index contributed by atoms with van der Waals surface area (Å²) in [5, 5.41) is 0.524. The van der Waals surface area contributed by atoms with Crippen molar-refractivity contribution >= 4 is 28.7 Å². The number of nitrogens with zero attached hydrogens (tertiary/aromatic N) is 3. The Balaban J connectivity index is 1.50. The molecule has 3 aromatic rings. The van der Waals surface area contributed by atoms with Crippen LogP contribution in [0.3, 0.4) is 0 Å². The number of fused-ring (bicyclic) bond motifs is 2. The maximum absolute atomic E-state index is 13.2. The molecule has 1 saturated carbocycles. The summed E-state index contributed by atoms with van der Waals surface area (Å²) in [6.07, 6.45) is 1.73. The minimum absolute atomic E-state index is 0.0115. The molecule has 2 heterocycles. The summed E-state index contributed by atoms with van der Waals surface area (Å²) < 4.78 is 5.44. The molecule has 2 aromatic carbocycles. The van der Waals surface area contributed by atoms with E-state index in [0.717, 1.165) is 24.0 Å². The Labute approximate surface area is 161 Å². The SMILES string of the molecule is Nc1nc(C(=O)N2Cc3ccccc3C2)c2cc(OC(=O)C3CC3)ccc2n1. The summed E-state index contributed by atoms with van der Waals surface area (Å²) in [6, 6.07) is 13.0. The van der Waals surface area contributed by atoms with Gasteiger partial charge in [-0.3, -0.25) is 9.59 Å². The van der Waals surface area contributed by atoms with Crippen LogP contribution in [0.25, 0.3) is 10.9 Å². The fraction of sp³-hybridized carbons (Fsp3) is 0.238. The molecule has 1 aliphatic carbocycles. The highest BCUT2D eigenvalue weighted by Gasteiger charge is 2.32. The van der Waals surface area contributed by atoms with Crippen LogP contribution in [0, 0.1) is 5.92 Å².